The predicted molar refractivity (Wildman–Crippen MR) is 62.1 cm³/mol. The second kappa shape index (κ2) is 4.70. The Bertz CT molecular complexity index is 152. The van der Waals surface area contributed by atoms with Gasteiger partial charge in [0.15, 0.2) is 0 Å². The second-order valence-electron chi connectivity index (χ2n) is 4.56. The molecule has 0 aromatic rings. The summed E-state index contributed by atoms with van der Waals surface area (Å²) in [5, 5.41) is 0. The normalized spacial score (nSPS) is 33.2. The molecule has 1 fully saturated rings. The molecule has 2 N–H and O–H groups in total. The molecule has 0 saturated carbocycles. The largest absolute Gasteiger partial charge is 0.326 e. The summed E-state index contributed by atoms with van der Waals surface area (Å²) in [5.74, 6) is 1.99. The Morgan fingerprint density at radius 3 is 2.69 bits per heavy atom. The lowest BCUT2D eigenvalue weighted by Crippen LogP contribution is -2.45. The molecular formula is C11H23NS. The van der Waals surface area contributed by atoms with Gasteiger partial charge in [-0.25, -0.2) is 0 Å². The van der Waals surface area contributed by atoms with E-state index in [-0.39, 0.29) is 0 Å². The second-order valence-corrected chi connectivity index (χ2v) is 6.19. The van der Waals surface area contributed by atoms with Gasteiger partial charge < -0.3 is 5.73 Å². The van der Waals surface area contributed by atoms with Gasteiger partial charge >= 0.3 is 0 Å². The average molecular weight is 201 g/mol. The Balaban J connectivity index is 2.49. The first-order valence-corrected chi connectivity index (χ1v) is 6.48. The molecule has 78 valence electrons. The third-order valence-corrected chi connectivity index (χ3v) is 4.94. The maximum absolute atomic E-state index is 6.32. The summed E-state index contributed by atoms with van der Waals surface area (Å²) < 4.78 is 0.370. The van der Waals surface area contributed by atoms with Crippen molar-refractivity contribution in [3.05, 3.63) is 0 Å². The van der Waals surface area contributed by atoms with Crippen LogP contribution in [0.4, 0.5) is 0 Å². The fraction of sp³-hybridized carbons (Fsp3) is 1.00. The molecule has 2 heteroatoms. The van der Waals surface area contributed by atoms with Gasteiger partial charge in [-0.1, -0.05) is 20.3 Å². The zero-order valence-electron chi connectivity index (χ0n) is 9.18. The minimum atomic E-state index is 0.370. The van der Waals surface area contributed by atoms with Crippen LogP contribution in [0.1, 0.15) is 46.5 Å². The Hall–Kier alpha value is 0.310. The van der Waals surface area contributed by atoms with Crippen LogP contribution in [0.2, 0.25) is 0 Å². The molecular weight excluding hydrogens is 178 g/mol. The summed E-state index contributed by atoms with van der Waals surface area (Å²) >= 11 is 2.08. The zero-order valence-corrected chi connectivity index (χ0v) is 9.99. The van der Waals surface area contributed by atoms with Crippen molar-refractivity contribution in [3.8, 4) is 0 Å². The van der Waals surface area contributed by atoms with Crippen LogP contribution in [0.5, 0.6) is 0 Å². The highest BCUT2D eigenvalue weighted by molar-refractivity contribution is 8.00. The van der Waals surface area contributed by atoms with E-state index < -0.39 is 0 Å². The standard InChI is InChI=1S/C11H23NS/c1-4-6-9(2)10(12)11(3)7-5-8-13-11/h9-10H,4-8,12H2,1-3H3. The fourth-order valence-electron chi connectivity index (χ4n) is 2.30. The van der Waals surface area contributed by atoms with Gasteiger partial charge in [-0.2, -0.15) is 11.8 Å². The molecule has 0 spiro atoms. The van der Waals surface area contributed by atoms with E-state index in [9.17, 15) is 0 Å². The van der Waals surface area contributed by atoms with Crippen LogP contribution >= 0.6 is 11.8 Å². The highest BCUT2D eigenvalue weighted by atomic mass is 32.2. The van der Waals surface area contributed by atoms with Crippen molar-refractivity contribution in [3.63, 3.8) is 0 Å². The summed E-state index contributed by atoms with van der Waals surface area (Å²) in [5.41, 5.74) is 6.32. The van der Waals surface area contributed by atoms with E-state index >= 15 is 0 Å². The predicted octanol–water partition coefficient (Wildman–Crippen LogP) is 3.04. The molecule has 3 atom stereocenters. The molecule has 1 rings (SSSR count). The number of nitrogens with two attached hydrogens (primary N) is 1. The van der Waals surface area contributed by atoms with Crippen LogP contribution in [-0.2, 0) is 0 Å². The van der Waals surface area contributed by atoms with E-state index in [1.165, 1.54) is 31.4 Å². The van der Waals surface area contributed by atoms with Crippen molar-refractivity contribution in [1.82, 2.24) is 0 Å². The third-order valence-electron chi connectivity index (χ3n) is 3.31. The number of thioether (sulfide) groups is 1. The van der Waals surface area contributed by atoms with Crippen LogP contribution < -0.4 is 5.73 Å². The molecule has 0 bridgehead atoms. The highest BCUT2D eigenvalue weighted by Gasteiger charge is 2.37. The van der Waals surface area contributed by atoms with Crippen molar-refractivity contribution in [2.45, 2.75) is 57.2 Å². The highest BCUT2D eigenvalue weighted by Crippen LogP contribution is 2.42. The molecule has 0 amide bonds. The van der Waals surface area contributed by atoms with Crippen LogP contribution in [0.15, 0.2) is 0 Å². The van der Waals surface area contributed by atoms with Gasteiger partial charge in [0.05, 0.1) is 0 Å². The smallest absolute Gasteiger partial charge is 0.0285 e. The van der Waals surface area contributed by atoms with E-state index in [1.54, 1.807) is 0 Å². The molecule has 1 aliphatic heterocycles. The third kappa shape index (κ3) is 2.63. The summed E-state index contributed by atoms with van der Waals surface area (Å²) in [6, 6.07) is 0.389. The van der Waals surface area contributed by atoms with Gasteiger partial charge in [0, 0.05) is 10.8 Å². The van der Waals surface area contributed by atoms with Crippen LogP contribution in [0.25, 0.3) is 0 Å². The molecule has 3 unspecified atom stereocenters. The van der Waals surface area contributed by atoms with Gasteiger partial charge in [-0.05, 0) is 37.9 Å². The van der Waals surface area contributed by atoms with Crippen LogP contribution in [-0.4, -0.2) is 16.5 Å². The molecule has 0 aromatic heterocycles. The Labute approximate surface area is 86.8 Å². The topological polar surface area (TPSA) is 26.0 Å². The quantitative estimate of drug-likeness (QED) is 0.756. The monoisotopic (exact) mass is 201 g/mol. The van der Waals surface area contributed by atoms with E-state index in [2.05, 4.69) is 32.5 Å². The Morgan fingerprint density at radius 1 is 1.54 bits per heavy atom. The van der Waals surface area contributed by atoms with E-state index in [0.29, 0.717) is 16.7 Å². The lowest BCUT2D eigenvalue weighted by molar-refractivity contribution is 0.348. The maximum atomic E-state index is 6.32. The molecule has 1 aliphatic rings. The van der Waals surface area contributed by atoms with Crippen molar-refractivity contribution >= 4 is 11.8 Å². The molecule has 1 heterocycles. The zero-order chi connectivity index (χ0) is 9.90. The Morgan fingerprint density at radius 2 is 2.23 bits per heavy atom. The average Bonchev–Trinajstić information content (AvgIpc) is 2.52. The molecule has 13 heavy (non-hydrogen) atoms. The van der Waals surface area contributed by atoms with Gasteiger partial charge in [-0.3, -0.25) is 0 Å². The molecule has 0 radical (unpaired) electrons. The molecule has 0 aromatic carbocycles. The van der Waals surface area contributed by atoms with E-state index in [0.717, 1.165) is 0 Å². The first-order valence-electron chi connectivity index (χ1n) is 5.49. The fourth-order valence-corrected chi connectivity index (χ4v) is 3.77. The van der Waals surface area contributed by atoms with E-state index in [4.69, 9.17) is 5.73 Å². The van der Waals surface area contributed by atoms with Crippen molar-refractivity contribution in [1.29, 1.82) is 0 Å². The van der Waals surface area contributed by atoms with Crippen LogP contribution in [0.3, 0.4) is 0 Å². The maximum Gasteiger partial charge on any atom is 0.0285 e. The minimum absolute atomic E-state index is 0.370. The first-order chi connectivity index (χ1) is 6.10. The van der Waals surface area contributed by atoms with Gasteiger partial charge in [0.1, 0.15) is 0 Å². The van der Waals surface area contributed by atoms with Crippen molar-refractivity contribution in [2.75, 3.05) is 5.75 Å². The first kappa shape index (κ1) is 11.4. The summed E-state index contributed by atoms with van der Waals surface area (Å²) in [4.78, 5) is 0. The van der Waals surface area contributed by atoms with Gasteiger partial charge in [0.25, 0.3) is 0 Å². The van der Waals surface area contributed by atoms with Gasteiger partial charge in [-0.15, -0.1) is 0 Å². The van der Waals surface area contributed by atoms with Gasteiger partial charge in [0.2, 0.25) is 0 Å². The minimum Gasteiger partial charge on any atom is -0.326 e. The number of rotatable bonds is 4. The molecule has 1 nitrogen and oxygen atoms in total. The number of hydrogen-bond acceptors (Lipinski definition) is 2. The molecule has 1 saturated heterocycles. The number of hydrogen-bond donors (Lipinski definition) is 1. The SMILES string of the molecule is CCCC(C)C(N)C1(C)CCCS1. The van der Waals surface area contributed by atoms with Crippen molar-refractivity contribution < 1.29 is 0 Å². The molecule has 0 aliphatic carbocycles. The summed E-state index contributed by atoms with van der Waals surface area (Å²) in [6.45, 7) is 6.90. The summed E-state index contributed by atoms with van der Waals surface area (Å²) in [6.07, 6.45) is 5.20. The Kier molecular flexibility index (Phi) is 4.11. The van der Waals surface area contributed by atoms with Crippen LogP contribution in [0, 0.1) is 5.92 Å². The lowest BCUT2D eigenvalue weighted by atomic mass is 9.85. The lowest BCUT2D eigenvalue weighted by Gasteiger charge is -2.34. The van der Waals surface area contributed by atoms with E-state index in [1.807, 2.05) is 0 Å². The van der Waals surface area contributed by atoms with Crippen molar-refractivity contribution in [2.24, 2.45) is 11.7 Å². The summed E-state index contributed by atoms with van der Waals surface area (Å²) in [7, 11) is 0.